The van der Waals surface area contributed by atoms with E-state index in [1.807, 2.05) is 30.3 Å². The molecule has 0 amide bonds. The Morgan fingerprint density at radius 1 is 1.21 bits per heavy atom. The number of hydrogen-bond donors (Lipinski definition) is 1. The number of aromatic nitrogens is 2. The lowest BCUT2D eigenvalue weighted by Crippen LogP contribution is -2.04. The van der Waals surface area contributed by atoms with Gasteiger partial charge in [-0.3, -0.25) is 0 Å². The molecule has 0 aliphatic heterocycles. The zero-order valence-electron chi connectivity index (χ0n) is 11.4. The summed E-state index contributed by atoms with van der Waals surface area (Å²) in [7, 11) is 1.66. The van der Waals surface area contributed by atoms with Crippen molar-refractivity contribution in [2.45, 2.75) is 26.2 Å². The van der Waals surface area contributed by atoms with E-state index >= 15 is 0 Å². The molecule has 0 spiro atoms. The fraction of sp³-hybridized carbons (Fsp3) is 0.333. The van der Waals surface area contributed by atoms with Gasteiger partial charge in [-0.05, 0) is 24.1 Å². The summed E-state index contributed by atoms with van der Waals surface area (Å²) in [5.74, 6) is 2.14. The lowest BCUT2D eigenvalue weighted by molar-refractivity contribution is 0.414. The Hall–Kier alpha value is -2.10. The molecule has 0 fully saturated rings. The van der Waals surface area contributed by atoms with E-state index in [0.29, 0.717) is 12.2 Å². The van der Waals surface area contributed by atoms with Crippen molar-refractivity contribution in [2.75, 3.05) is 12.8 Å². The highest BCUT2D eigenvalue weighted by Crippen LogP contribution is 2.15. The highest BCUT2D eigenvalue weighted by molar-refractivity contribution is 5.33. The average molecular weight is 257 g/mol. The van der Waals surface area contributed by atoms with E-state index in [9.17, 15) is 0 Å². The maximum Gasteiger partial charge on any atom is 0.135 e. The van der Waals surface area contributed by atoms with Crippen molar-refractivity contribution in [3.8, 4) is 5.75 Å². The highest BCUT2D eigenvalue weighted by atomic mass is 16.5. The molecule has 0 saturated heterocycles. The minimum Gasteiger partial charge on any atom is -0.497 e. The van der Waals surface area contributed by atoms with Crippen LogP contribution in [0.1, 0.15) is 30.4 Å². The van der Waals surface area contributed by atoms with E-state index < -0.39 is 0 Å². The summed E-state index contributed by atoms with van der Waals surface area (Å²) in [6.45, 7) is 2.13. The van der Waals surface area contributed by atoms with Crippen LogP contribution in [0.25, 0.3) is 0 Å². The van der Waals surface area contributed by atoms with Crippen LogP contribution in [0.5, 0.6) is 5.75 Å². The smallest absolute Gasteiger partial charge is 0.135 e. The van der Waals surface area contributed by atoms with Gasteiger partial charge in [0, 0.05) is 18.2 Å². The third kappa shape index (κ3) is 3.68. The molecule has 0 unspecified atom stereocenters. The van der Waals surface area contributed by atoms with Gasteiger partial charge in [-0.2, -0.15) is 0 Å². The maximum atomic E-state index is 5.82. The number of nitrogens with zero attached hydrogens (tertiary/aromatic N) is 2. The summed E-state index contributed by atoms with van der Waals surface area (Å²) < 4.78 is 5.21. The van der Waals surface area contributed by atoms with Gasteiger partial charge >= 0.3 is 0 Å². The molecule has 0 atom stereocenters. The van der Waals surface area contributed by atoms with Crippen LogP contribution in [-0.4, -0.2) is 17.1 Å². The molecule has 0 aliphatic carbocycles. The summed E-state index contributed by atoms with van der Waals surface area (Å²) >= 11 is 0. The number of rotatable bonds is 5. The summed E-state index contributed by atoms with van der Waals surface area (Å²) in [5.41, 5.74) is 7.95. The minimum atomic E-state index is 0.538. The quantitative estimate of drug-likeness (QED) is 0.894. The van der Waals surface area contributed by atoms with Gasteiger partial charge in [-0.1, -0.05) is 25.5 Å². The predicted molar refractivity (Wildman–Crippen MR) is 76.2 cm³/mol. The highest BCUT2D eigenvalue weighted by Gasteiger charge is 2.04. The number of methoxy groups -OCH3 is 1. The van der Waals surface area contributed by atoms with Crippen LogP contribution >= 0.6 is 0 Å². The second-order valence-electron chi connectivity index (χ2n) is 4.48. The first-order chi connectivity index (χ1) is 9.21. The van der Waals surface area contributed by atoms with Crippen molar-refractivity contribution in [2.24, 2.45) is 0 Å². The first-order valence-electron chi connectivity index (χ1n) is 6.46. The standard InChI is InChI=1S/C15H19N3O/c1-3-5-12-10-14(16)18-15(17-12)9-11-6-4-7-13(8-11)19-2/h4,6-8,10H,3,5,9H2,1-2H3,(H2,16,17,18). The average Bonchev–Trinajstić information content (AvgIpc) is 2.38. The van der Waals surface area contributed by atoms with E-state index in [1.165, 1.54) is 0 Å². The normalized spacial score (nSPS) is 10.4. The molecule has 0 bridgehead atoms. The Morgan fingerprint density at radius 3 is 2.79 bits per heavy atom. The van der Waals surface area contributed by atoms with Crippen LogP contribution in [0, 0.1) is 0 Å². The number of nitrogens with two attached hydrogens (primary N) is 1. The van der Waals surface area contributed by atoms with Gasteiger partial charge in [0.2, 0.25) is 0 Å². The molecule has 4 nitrogen and oxygen atoms in total. The van der Waals surface area contributed by atoms with E-state index in [4.69, 9.17) is 10.5 Å². The number of hydrogen-bond acceptors (Lipinski definition) is 4. The predicted octanol–water partition coefficient (Wildman–Crippen LogP) is 2.61. The van der Waals surface area contributed by atoms with Crippen LogP contribution in [-0.2, 0) is 12.8 Å². The van der Waals surface area contributed by atoms with E-state index in [2.05, 4.69) is 16.9 Å². The van der Waals surface area contributed by atoms with Crippen molar-refractivity contribution < 1.29 is 4.74 Å². The van der Waals surface area contributed by atoms with Crippen LogP contribution in [0.4, 0.5) is 5.82 Å². The molecule has 1 aromatic heterocycles. The first kappa shape index (κ1) is 13.3. The third-order valence-corrected chi connectivity index (χ3v) is 2.85. The van der Waals surface area contributed by atoms with Crippen LogP contribution in [0.3, 0.4) is 0 Å². The molecular weight excluding hydrogens is 238 g/mol. The third-order valence-electron chi connectivity index (χ3n) is 2.85. The second kappa shape index (κ2) is 6.18. The molecule has 1 heterocycles. The lowest BCUT2D eigenvalue weighted by atomic mass is 10.1. The first-order valence-corrected chi connectivity index (χ1v) is 6.46. The molecule has 100 valence electrons. The van der Waals surface area contributed by atoms with E-state index in [1.54, 1.807) is 7.11 Å². The fourth-order valence-electron chi connectivity index (χ4n) is 2.00. The van der Waals surface area contributed by atoms with Crippen LogP contribution < -0.4 is 10.5 Å². The number of nitrogen functional groups attached to an aromatic ring is 1. The molecule has 2 N–H and O–H groups in total. The van der Waals surface area contributed by atoms with Gasteiger partial charge in [0.1, 0.15) is 17.4 Å². The molecule has 1 aromatic carbocycles. The molecule has 0 saturated carbocycles. The molecule has 2 aromatic rings. The Bertz CT molecular complexity index is 555. The van der Waals surface area contributed by atoms with Crippen LogP contribution in [0.2, 0.25) is 0 Å². The summed E-state index contributed by atoms with van der Waals surface area (Å²) in [6, 6.07) is 9.76. The van der Waals surface area contributed by atoms with Gasteiger partial charge in [-0.25, -0.2) is 9.97 Å². The molecular formula is C15H19N3O. The van der Waals surface area contributed by atoms with Crippen molar-refractivity contribution in [1.29, 1.82) is 0 Å². The molecule has 2 rings (SSSR count). The molecule has 19 heavy (non-hydrogen) atoms. The second-order valence-corrected chi connectivity index (χ2v) is 4.48. The Morgan fingerprint density at radius 2 is 2.05 bits per heavy atom. The number of benzene rings is 1. The molecule has 4 heteroatoms. The van der Waals surface area contributed by atoms with Gasteiger partial charge in [-0.15, -0.1) is 0 Å². The molecule has 0 radical (unpaired) electrons. The largest absolute Gasteiger partial charge is 0.497 e. The minimum absolute atomic E-state index is 0.538. The van der Waals surface area contributed by atoms with E-state index in [-0.39, 0.29) is 0 Å². The Labute approximate surface area is 113 Å². The van der Waals surface area contributed by atoms with Crippen molar-refractivity contribution in [3.05, 3.63) is 47.4 Å². The number of anilines is 1. The zero-order valence-corrected chi connectivity index (χ0v) is 11.4. The topological polar surface area (TPSA) is 61.0 Å². The number of ether oxygens (including phenoxy) is 1. The fourth-order valence-corrected chi connectivity index (χ4v) is 2.00. The summed E-state index contributed by atoms with van der Waals surface area (Å²) in [6.07, 6.45) is 2.64. The van der Waals surface area contributed by atoms with Crippen molar-refractivity contribution >= 4 is 5.82 Å². The van der Waals surface area contributed by atoms with Gasteiger partial charge in [0.25, 0.3) is 0 Å². The molecule has 0 aliphatic rings. The SMILES string of the molecule is CCCc1cc(N)nc(Cc2cccc(OC)c2)n1. The Kier molecular flexibility index (Phi) is 4.34. The zero-order chi connectivity index (χ0) is 13.7. The van der Waals surface area contributed by atoms with Gasteiger partial charge in [0.05, 0.1) is 7.11 Å². The van der Waals surface area contributed by atoms with Crippen molar-refractivity contribution in [1.82, 2.24) is 9.97 Å². The van der Waals surface area contributed by atoms with Gasteiger partial charge in [0.15, 0.2) is 0 Å². The number of aryl methyl sites for hydroxylation is 1. The monoisotopic (exact) mass is 257 g/mol. The van der Waals surface area contributed by atoms with Crippen molar-refractivity contribution in [3.63, 3.8) is 0 Å². The van der Waals surface area contributed by atoms with Gasteiger partial charge < -0.3 is 10.5 Å². The maximum absolute atomic E-state index is 5.82. The van der Waals surface area contributed by atoms with E-state index in [0.717, 1.165) is 35.7 Å². The lowest BCUT2D eigenvalue weighted by Gasteiger charge is -2.06. The van der Waals surface area contributed by atoms with Crippen LogP contribution in [0.15, 0.2) is 30.3 Å². The Balaban J connectivity index is 2.22. The summed E-state index contributed by atoms with van der Waals surface area (Å²) in [4.78, 5) is 8.83. The summed E-state index contributed by atoms with van der Waals surface area (Å²) in [5, 5.41) is 0.